The van der Waals surface area contributed by atoms with Gasteiger partial charge in [0.1, 0.15) is 12.4 Å². The number of hydrogen-bond acceptors (Lipinski definition) is 3. The Labute approximate surface area is 94.7 Å². The highest BCUT2D eigenvalue weighted by Crippen LogP contribution is 2.40. The second-order valence-corrected chi connectivity index (χ2v) is 4.05. The maximum Gasteiger partial charge on any atom is 0.177 e. The summed E-state index contributed by atoms with van der Waals surface area (Å²) in [5.74, 6) is 1.55. The summed E-state index contributed by atoms with van der Waals surface area (Å²) in [7, 11) is 0. The number of rotatable bonds is 4. The van der Waals surface area contributed by atoms with E-state index in [1.165, 1.54) is 24.8 Å². The maximum absolute atomic E-state index is 8.43. The zero-order valence-corrected chi connectivity index (χ0v) is 9.10. The molecule has 4 nitrogen and oxygen atoms in total. The summed E-state index contributed by atoms with van der Waals surface area (Å²) in [6.07, 6.45) is 3.74. The van der Waals surface area contributed by atoms with Gasteiger partial charge in [-0.1, -0.05) is 29.8 Å². The van der Waals surface area contributed by atoms with Crippen molar-refractivity contribution in [1.82, 2.24) is 0 Å². The molecule has 0 atom stereocenters. The minimum absolute atomic E-state index is 0.0865. The first-order chi connectivity index (χ1) is 7.81. The number of ether oxygens (including phenoxy) is 1. The normalized spacial score (nSPS) is 16.9. The number of oxime groups is 1. The highest BCUT2D eigenvalue weighted by molar-refractivity contribution is 5.81. The third kappa shape index (κ3) is 2.27. The Balaban J connectivity index is 2.07. The van der Waals surface area contributed by atoms with Crippen LogP contribution in [-0.4, -0.2) is 17.6 Å². The molecule has 1 aromatic carbocycles. The van der Waals surface area contributed by atoms with Crippen LogP contribution >= 0.6 is 0 Å². The molecule has 0 heterocycles. The Morgan fingerprint density at radius 3 is 2.81 bits per heavy atom. The smallest absolute Gasteiger partial charge is 0.177 e. The lowest BCUT2D eigenvalue weighted by Gasteiger charge is -2.27. The van der Waals surface area contributed by atoms with Gasteiger partial charge in [0.25, 0.3) is 0 Å². The highest BCUT2D eigenvalue weighted by Gasteiger charge is 2.22. The van der Waals surface area contributed by atoms with Crippen molar-refractivity contribution in [1.29, 1.82) is 0 Å². The molecule has 0 saturated heterocycles. The summed E-state index contributed by atoms with van der Waals surface area (Å²) in [6, 6.07) is 7.97. The Kier molecular flexibility index (Phi) is 3.29. The van der Waals surface area contributed by atoms with Gasteiger partial charge < -0.3 is 15.7 Å². The summed E-state index contributed by atoms with van der Waals surface area (Å²) in [6.45, 7) is 0.125. The molecule has 0 aliphatic heterocycles. The summed E-state index contributed by atoms with van der Waals surface area (Å²) in [4.78, 5) is 0. The first-order valence-corrected chi connectivity index (χ1v) is 5.49. The first kappa shape index (κ1) is 10.8. The Hall–Kier alpha value is -1.71. The van der Waals surface area contributed by atoms with E-state index in [0.29, 0.717) is 5.92 Å². The van der Waals surface area contributed by atoms with Crippen molar-refractivity contribution in [2.24, 2.45) is 10.9 Å². The molecule has 0 aromatic heterocycles. The second kappa shape index (κ2) is 4.88. The van der Waals surface area contributed by atoms with Crippen molar-refractivity contribution in [2.75, 3.05) is 6.61 Å². The number of benzene rings is 1. The van der Waals surface area contributed by atoms with Gasteiger partial charge in [-0.05, 0) is 30.4 Å². The molecule has 4 heteroatoms. The molecule has 1 saturated carbocycles. The molecular weight excluding hydrogens is 204 g/mol. The molecule has 1 fully saturated rings. The lowest BCUT2D eigenvalue weighted by molar-refractivity contribution is 0.304. The van der Waals surface area contributed by atoms with Gasteiger partial charge in [0.2, 0.25) is 0 Å². The van der Waals surface area contributed by atoms with Gasteiger partial charge in [-0.25, -0.2) is 0 Å². The number of nitrogens with two attached hydrogens (primary N) is 1. The van der Waals surface area contributed by atoms with Crippen molar-refractivity contribution in [2.45, 2.75) is 25.2 Å². The van der Waals surface area contributed by atoms with Crippen LogP contribution in [0.1, 0.15) is 30.7 Å². The predicted octanol–water partition coefficient (Wildman–Crippen LogP) is 2.08. The lowest BCUT2D eigenvalue weighted by Crippen LogP contribution is -2.21. The van der Waals surface area contributed by atoms with Crippen molar-refractivity contribution >= 4 is 5.84 Å². The van der Waals surface area contributed by atoms with Gasteiger partial charge >= 0.3 is 0 Å². The van der Waals surface area contributed by atoms with Crippen molar-refractivity contribution in [3.8, 4) is 5.75 Å². The molecule has 16 heavy (non-hydrogen) atoms. The number of hydrogen-bond donors (Lipinski definition) is 2. The maximum atomic E-state index is 8.43. The minimum Gasteiger partial charge on any atom is -0.485 e. The van der Waals surface area contributed by atoms with E-state index in [0.717, 1.165) is 5.75 Å². The molecule has 2 rings (SSSR count). The van der Waals surface area contributed by atoms with Crippen molar-refractivity contribution < 1.29 is 9.94 Å². The zero-order valence-electron chi connectivity index (χ0n) is 9.10. The fraction of sp³-hybridized carbons (Fsp3) is 0.417. The Morgan fingerprint density at radius 2 is 2.19 bits per heavy atom. The monoisotopic (exact) mass is 220 g/mol. The molecular formula is C12H16N2O2. The zero-order chi connectivity index (χ0) is 11.4. The van der Waals surface area contributed by atoms with Crippen LogP contribution < -0.4 is 10.5 Å². The predicted molar refractivity (Wildman–Crippen MR) is 61.9 cm³/mol. The third-order valence-electron chi connectivity index (χ3n) is 2.97. The molecule has 3 N–H and O–H groups in total. The van der Waals surface area contributed by atoms with Crippen LogP contribution in [0.2, 0.25) is 0 Å². The van der Waals surface area contributed by atoms with Gasteiger partial charge in [-0.2, -0.15) is 0 Å². The number of amidine groups is 1. The van der Waals surface area contributed by atoms with Gasteiger partial charge in [0.15, 0.2) is 5.84 Å². The van der Waals surface area contributed by atoms with E-state index in [2.05, 4.69) is 11.2 Å². The summed E-state index contributed by atoms with van der Waals surface area (Å²) >= 11 is 0. The SMILES string of the molecule is NC(COc1ccccc1C1CCC1)=NO. The summed E-state index contributed by atoms with van der Waals surface area (Å²) < 4.78 is 5.53. The van der Waals surface area contributed by atoms with E-state index >= 15 is 0 Å². The Morgan fingerprint density at radius 1 is 1.44 bits per heavy atom. The summed E-state index contributed by atoms with van der Waals surface area (Å²) in [5, 5.41) is 11.3. The molecule has 0 spiro atoms. The number of nitrogens with zero attached hydrogens (tertiary/aromatic N) is 1. The molecule has 0 amide bonds. The van der Waals surface area contributed by atoms with Gasteiger partial charge in [0, 0.05) is 0 Å². The molecule has 1 aromatic rings. The molecule has 0 radical (unpaired) electrons. The van der Waals surface area contributed by atoms with E-state index in [9.17, 15) is 0 Å². The number of para-hydroxylation sites is 1. The minimum atomic E-state index is 0.0865. The van der Waals surface area contributed by atoms with Crippen LogP contribution in [0.4, 0.5) is 0 Å². The van der Waals surface area contributed by atoms with E-state index in [1.807, 2.05) is 18.2 Å². The molecule has 1 aliphatic carbocycles. The first-order valence-electron chi connectivity index (χ1n) is 5.49. The molecule has 0 bridgehead atoms. The molecule has 1 aliphatic rings. The lowest BCUT2D eigenvalue weighted by atomic mass is 9.80. The third-order valence-corrected chi connectivity index (χ3v) is 2.97. The van der Waals surface area contributed by atoms with Gasteiger partial charge in [-0.3, -0.25) is 0 Å². The Bertz CT molecular complexity index is 386. The fourth-order valence-electron chi connectivity index (χ4n) is 1.85. The topological polar surface area (TPSA) is 67.8 Å². The van der Waals surface area contributed by atoms with Gasteiger partial charge in [-0.15, -0.1) is 0 Å². The molecule has 0 unspecified atom stereocenters. The van der Waals surface area contributed by atoms with E-state index < -0.39 is 0 Å². The van der Waals surface area contributed by atoms with Crippen molar-refractivity contribution in [3.63, 3.8) is 0 Å². The average Bonchev–Trinajstić information content (AvgIpc) is 2.25. The second-order valence-electron chi connectivity index (χ2n) is 4.05. The molecule has 86 valence electrons. The van der Waals surface area contributed by atoms with E-state index in [4.69, 9.17) is 15.7 Å². The van der Waals surface area contributed by atoms with Crippen LogP contribution in [-0.2, 0) is 0 Å². The van der Waals surface area contributed by atoms with E-state index in [-0.39, 0.29) is 12.4 Å². The van der Waals surface area contributed by atoms with E-state index in [1.54, 1.807) is 0 Å². The van der Waals surface area contributed by atoms with Crippen LogP contribution in [0.15, 0.2) is 29.4 Å². The van der Waals surface area contributed by atoms with Crippen LogP contribution in [0.25, 0.3) is 0 Å². The standard InChI is InChI=1S/C12H16N2O2/c13-12(14-15)8-16-11-7-2-1-6-10(11)9-4-3-5-9/h1-2,6-7,9,15H,3-5,8H2,(H2,13,14). The summed E-state index contributed by atoms with van der Waals surface area (Å²) in [5.41, 5.74) is 6.60. The van der Waals surface area contributed by atoms with Gasteiger partial charge in [0.05, 0.1) is 0 Å². The largest absolute Gasteiger partial charge is 0.485 e. The van der Waals surface area contributed by atoms with Crippen LogP contribution in [0.3, 0.4) is 0 Å². The highest BCUT2D eigenvalue weighted by atomic mass is 16.5. The average molecular weight is 220 g/mol. The quantitative estimate of drug-likeness (QED) is 0.353. The van der Waals surface area contributed by atoms with Crippen LogP contribution in [0.5, 0.6) is 5.75 Å². The van der Waals surface area contributed by atoms with Crippen molar-refractivity contribution in [3.05, 3.63) is 29.8 Å². The van der Waals surface area contributed by atoms with Crippen LogP contribution in [0, 0.1) is 0 Å². The fourth-order valence-corrected chi connectivity index (χ4v) is 1.85.